The van der Waals surface area contributed by atoms with E-state index < -0.39 is 0 Å². The minimum Gasteiger partial charge on any atom is -0.506 e. The second kappa shape index (κ2) is 5.79. The Kier molecular flexibility index (Phi) is 4.10. The zero-order valence-electron chi connectivity index (χ0n) is 9.06. The largest absolute Gasteiger partial charge is 0.506 e. The van der Waals surface area contributed by atoms with E-state index in [1.807, 2.05) is 0 Å². The molecule has 1 fully saturated rings. The molecular weight excluding hydrogens is 208 g/mol. The summed E-state index contributed by atoms with van der Waals surface area (Å²) in [6.45, 7) is 3.43. The summed E-state index contributed by atoms with van der Waals surface area (Å²) in [6.07, 6.45) is 1.57. The van der Waals surface area contributed by atoms with Gasteiger partial charge in [0.1, 0.15) is 5.75 Å². The molecule has 0 saturated carbocycles. The molecule has 0 radical (unpaired) electrons. The number of pyridine rings is 1. The Hall–Kier alpha value is -1.17. The Balaban J connectivity index is 1.69. The Labute approximate surface area is 94.4 Å². The average Bonchev–Trinajstić information content (AvgIpc) is 2.33. The van der Waals surface area contributed by atoms with Gasteiger partial charge in [-0.05, 0) is 12.1 Å². The van der Waals surface area contributed by atoms with E-state index in [1.54, 1.807) is 12.1 Å². The fraction of sp³-hybridized carbons (Fsp3) is 0.545. The number of aromatic hydroxyl groups is 1. The zero-order valence-corrected chi connectivity index (χ0v) is 9.06. The topological polar surface area (TPSA) is 63.6 Å². The first-order chi connectivity index (χ1) is 7.84. The lowest BCUT2D eigenvalue weighted by molar-refractivity contribution is -0.0864. The first-order valence-electron chi connectivity index (χ1n) is 5.38. The first-order valence-corrected chi connectivity index (χ1v) is 5.38. The molecule has 1 atom stereocenters. The zero-order chi connectivity index (χ0) is 11.2. The van der Waals surface area contributed by atoms with Gasteiger partial charge in [-0.15, -0.1) is 0 Å². The summed E-state index contributed by atoms with van der Waals surface area (Å²) < 4.78 is 10.8. The van der Waals surface area contributed by atoms with Crippen LogP contribution in [-0.2, 0) is 16.0 Å². The molecule has 2 rings (SSSR count). The van der Waals surface area contributed by atoms with Gasteiger partial charge in [0.25, 0.3) is 0 Å². The van der Waals surface area contributed by atoms with Crippen molar-refractivity contribution < 1.29 is 14.6 Å². The molecular formula is C11H16N2O3. The summed E-state index contributed by atoms with van der Waals surface area (Å²) in [7, 11) is 0. The normalized spacial score (nSPS) is 20.9. The monoisotopic (exact) mass is 224 g/mol. The number of hydrogen-bond acceptors (Lipinski definition) is 5. The highest BCUT2D eigenvalue weighted by molar-refractivity contribution is 5.17. The minimum absolute atomic E-state index is 0.130. The number of hydrogen-bond donors (Lipinski definition) is 2. The van der Waals surface area contributed by atoms with Gasteiger partial charge in [-0.3, -0.25) is 4.98 Å². The summed E-state index contributed by atoms with van der Waals surface area (Å²) in [4.78, 5) is 4.08. The van der Waals surface area contributed by atoms with Gasteiger partial charge in [-0.25, -0.2) is 0 Å². The lowest BCUT2D eigenvalue weighted by Crippen LogP contribution is -2.37. The highest BCUT2D eigenvalue weighted by Gasteiger charge is 2.13. The van der Waals surface area contributed by atoms with E-state index >= 15 is 0 Å². The van der Waals surface area contributed by atoms with Gasteiger partial charge in [-0.2, -0.15) is 0 Å². The molecule has 16 heavy (non-hydrogen) atoms. The van der Waals surface area contributed by atoms with Crippen LogP contribution in [0.25, 0.3) is 0 Å². The molecule has 0 bridgehead atoms. The Morgan fingerprint density at radius 2 is 2.38 bits per heavy atom. The molecule has 0 amide bonds. The molecule has 2 N–H and O–H groups in total. The van der Waals surface area contributed by atoms with Gasteiger partial charge < -0.3 is 19.9 Å². The maximum Gasteiger partial charge on any atom is 0.133 e. The molecule has 0 aliphatic carbocycles. The lowest BCUT2D eigenvalue weighted by Gasteiger charge is -2.23. The van der Waals surface area contributed by atoms with Gasteiger partial charge >= 0.3 is 0 Å². The van der Waals surface area contributed by atoms with Crippen molar-refractivity contribution in [3.8, 4) is 5.75 Å². The summed E-state index contributed by atoms with van der Waals surface area (Å²) >= 11 is 0. The van der Waals surface area contributed by atoms with Crippen LogP contribution in [0.1, 0.15) is 5.69 Å². The van der Waals surface area contributed by atoms with Crippen LogP contribution in [0, 0.1) is 0 Å². The molecule has 1 aromatic rings. The number of aromatic nitrogens is 1. The molecule has 1 saturated heterocycles. The van der Waals surface area contributed by atoms with Crippen LogP contribution in [0.4, 0.5) is 0 Å². The van der Waals surface area contributed by atoms with Crippen LogP contribution >= 0.6 is 0 Å². The summed E-state index contributed by atoms with van der Waals surface area (Å²) in [5.74, 6) is 0.188. The molecule has 5 heteroatoms. The van der Waals surface area contributed by atoms with Crippen LogP contribution in [-0.4, -0.2) is 42.6 Å². The molecule has 88 valence electrons. The molecule has 1 unspecified atom stereocenters. The standard InChI is InChI=1S/C11H16N2O3/c14-10-2-1-9(13-6-10)5-12-7-11-8-15-3-4-16-11/h1-2,6,11-12,14H,3-5,7-8H2. The third-order valence-electron chi connectivity index (χ3n) is 2.37. The maximum atomic E-state index is 9.07. The molecule has 5 nitrogen and oxygen atoms in total. The number of nitrogens with zero attached hydrogens (tertiary/aromatic N) is 1. The highest BCUT2D eigenvalue weighted by Crippen LogP contribution is 2.05. The minimum atomic E-state index is 0.130. The number of ether oxygens (including phenoxy) is 2. The summed E-state index contributed by atoms with van der Waals surface area (Å²) in [5.41, 5.74) is 0.898. The Bertz CT molecular complexity index is 310. The van der Waals surface area contributed by atoms with Crippen molar-refractivity contribution in [1.29, 1.82) is 0 Å². The fourth-order valence-corrected chi connectivity index (χ4v) is 1.54. The van der Waals surface area contributed by atoms with Crippen LogP contribution in [0.3, 0.4) is 0 Å². The van der Waals surface area contributed by atoms with Crippen molar-refractivity contribution in [3.05, 3.63) is 24.0 Å². The summed E-state index contributed by atoms with van der Waals surface area (Å²) in [5, 5.41) is 12.3. The third-order valence-corrected chi connectivity index (χ3v) is 2.37. The predicted molar refractivity (Wildman–Crippen MR) is 58.2 cm³/mol. The van der Waals surface area contributed by atoms with Crippen LogP contribution in [0.2, 0.25) is 0 Å². The van der Waals surface area contributed by atoms with Gasteiger partial charge in [0.05, 0.1) is 37.8 Å². The molecule has 0 spiro atoms. The predicted octanol–water partition coefficient (Wildman–Crippen LogP) is 0.292. The van der Waals surface area contributed by atoms with Crippen LogP contribution in [0.15, 0.2) is 18.3 Å². The number of rotatable bonds is 4. The van der Waals surface area contributed by atoms with E-state index in [1.165, 1.54) is 6.20 Å². The molecule has 0 aromatic carbocycles. The van der Waals surface area contributed by atoms with E-state index in [0.29, 0.717) is 26.4 Å². The van der Waals surface area contributed by atoms with Gasteiger partial charge in [0.15, 0.2) is 0 Å². The van der Waals surface area contributed by atoms with E-state index in [0.717, 1.165) is 12.2 Å². The average molecular weight is 224 g/mol. The van der Waals surface area contributed by atoms with Crippen LogP contribution < -0.4 is 5.32 Å². The van der Waals surface area contributed by atoms with Crippen molar-refractivity contribution in [3.63, 3.8) is 0 Å². The van der Waals surface area contributed by atoms with Crippen molar-refractivity contribution in [2.45, 2.75) is 12.6 Å². The summed E-state index contributed by atoms with van der Waals surface area (Å²) in [6, 6.07) is 3.42. The van der Waals surface area contributed by atoms with E-state index in [9.17, 15) is 0 Å². The second-order valence-corrected chi connectivity index (χ2v) is 3.71. The molecule has 1 aliphatic heterocycles. The van der Waals surface area contributed by atoms with Gasteiger partial charge in [-0.1, -0.05) is 0 Å². The first kappa shape index (κ1) is 11.3. The maximum absolute atomic E-state index is 9.07. The van der Waals surface area contributed by atoms with Gasteiger partial charge in [0, 0.05) is 13.1 Å². The molecule has 1 aliphatic rings. The van der Waals surface area contributed by atoms with Gasteiger partial charge in [0.2, 0.25) is 0 Å². The molecule has 1 aromatic heterocycles. The fourth-order valence-electron chi connectivity index (χ4n) is 1.54. The third kappa shape index (κ3) is 3.44. The highest BCUT2D eigenvalue weighted by atomic mass is 16.6. The van der Waals surface area contributed by atoms with Crippen molar-refractivity contribution in [2.24, 2.45) is 0 Å². The Morgan fingerprint density at radius 1 is 1.44 bits per heavy atom. The lowest BCUT2D eigenvalue weighted by atomic mass is 10.3. The molecule has 2 heterocycles. The second-order valence-electron chi connectivity index (χ2n) is 3.71. The van der Waals surface area contributed by atoms with E-state index in [-0.39, 0.29) is 11.9 Å². The quantitative estimate of drug-likeness (QED) is 0.769. The van der Waals surface area contributed by atoms with E-state index in [2.05, 4.69) is 10.3 Å². The Morgan fingerprint density at radius 3 is 3.06 bits per heavy atom. The van der Waals surface area contributed by atoms with Crippen LogP contribution in [0.5, 0.6) is 5.75 Å². The smallest absolute Gasteiger partial charge is 0.133 e. The van der Waals surface area contributed by atoms with Crippen molar-refractivity contribution in [2.75, 3.05) is 26.4 Å². The number of nitrogens with one attached hydrogen (secondary N) is 1. The van der Waals surface area contributed by atoms with E-state index in [4.69, 9.17) is 14.6 Å². The van der Waals surface area contributed by atoms with Crippen molar-refractivity contribution >= 4 is 0 Å². The van der Waals surface area contributed by atoms with Crippen molar-refractivity contribution in [1.82, 2.24) is 10.3 Å². The SMILES string of the molecule is Oc1ccc(CNCC2COCCO2)nc1.